The van der Waals surface area contributed by atoms with Gasteiger partial charge in [0.15, 0.2) is 0 Å². The van der Waals surface area contributed by atoms with Gasteiger partial charge in [-0.05, 0) is 71.8 Å². The third-order valence-corrected chi connectivity index (χ3v) is 6.31. The molecule has 0 heterocycles. The molecule has 4 N–H and O–H groups in total. The van der Waals surface area contributed by atoms with E-state index in [1.165, 1.54) is 26.2 Å². The highest BCUT2D eigenvalue weighted by Gasteiger charge is 2.13. The largest absolute Gasteiger partial charge is 0.494 e. The molecule has 0 aliphatic rings. The third kappa shape index (κ3) is 6.17. The Balaban J connectivity index is 1.69. The second kappa shape index (κ2) is 10.7. The number of azo groups is 2. The molecule has 4 aromatic rings. The Morgan fingerprint density at radius 1 is 0.868 bits per heavy atom. The van der Waals surface area contributed by atoms with E-state index in [9.17, 15) is 17.8 Å². The summed E-state index contributed by atoms with van der Waals surface area (Å²) in [6, 6.07) is 17.7. The topological polar surface area (TPSA) is 168 Å². The van der Waals surface area contributed by atoms with Crippen molar-refractivity contribution in [3.8, 4) is 5.75 Å². The summed E-state index contributed by atoms with van der Waals surface area (Å²) in [7, 11) is -2.83. The minimum Gasteiger partial charge on any atom is -0.494 e. The molecule has 0 unspecified atom stereocenters. The molecule has 4 aromatic carbocycles. The summed E-state index contributed by atoms with van der Waals surface area (Å²) in [5.41, 5.74) is 9.42. The van der Waals surface area contributed by atoms with Crippen LogP contribution in [0.2, 0.25) is 0 Å². The highest BCUT2D eigenvalue weighted by atomic mass is 32.2. The van der Waals surface area contributed by atoms with Crippen LogP contribution in [0, 0.1) is 6.92 Å². The molecule has 0 bridgehead atoms. The summed E-state index contributed by atoms with van der Waals surface area (Å²) >= 11 is 0. The average molecular weight is 533 g/mol. The molecule has 0 aromatic heterocycles. The van der Waals surface area contributed by atoms with Crippen molar-refractivity contribution in [1.29, 1.82) is 0 Å². The minimum atomic E-state index is -4.31. The Morgan fingerprint density at radius 2 is 1.55 bits per heavy atom. The number of rotatable bonds is 7. The summed E-state index contributed by atoms with van der Waals surface area (Å²) in [4.78, 5) is 11.7. The second-order valence-electron chi connectivity index (χ2n) is 8.34. The first-order valence-electron chi connectivity index (χ1n) is 11.2. The van der Waals surface area contributed by atoms with E-state index < -0.39 is 10.1 Å². The van der Waals surface area contributed by atoms with Crippen LogP contribution in [0.4, 0.5) is 34.1 Å². The van der Waals surface area contributed by atoms with Crippen LogP contribution in [0.1, 0.15) is 12.5 Å². The first kappa shape index (κ1) is 26.4. The predicted octanol–water partition coefficient (Wildman–Crippen LogP) is 6.77. The normalized spacial score (nSPS) is 11.9. The molecular formula is C26H24N6O5S. The van der Waals surface area contributed by atoms with Crippen LogP contribution in [0.3, 0.4) is 0 Å². The Kier molecular flexibility index (Phi) is 7.46. The van der Waals surface area contributed by atoms with Crippen LogP contribution in [-0.2, 0) is 14.9 Å². The first-order valence-corrected chi connectivity index (χ1v) is 12.7. The van der Waals surface area contributed by atoms with Crippen molar-refractivity contribution in [1.82, 2.24) is 0 Å². The number of anilines is 2. The van der Waals surface area contributed by atoms with Crippen molar-refractivity contribution in [3.63, 3.8) is 0 Å². The molecule has 0 saturated carbocycles. The number of nitrogens with two attached hydrogens (primary N) is 1. The number of nitrogens with one attached hydrogen (secondary N) is 1. The van der Waals surface area contributed by atoms with Crippen LogP contribution < -0.4 is 15.8 Å². The molecule has 11 nitrogen and oxygen atoms in total. The molecule has 0 atom stereocenters. The van der Waals surface area contributed by atoms with Gasteiger partial charge >= 0.3 is 0 Å². The quantitative estimate of drug-likeness (QED) is 0.135. The van der Waals surface area contributed by atoms with Crippen molar-refractivity contribution in [2.45, 2.75) is 18.7 Å². The number of hydrogen-bond donors (Lipinski definition) is 3. The van der Waals surface area contributed by atoms with Crippen molar-refractivity contribution in [2.24, 2.45) is 20.5 Å². The maximum atomic E-state index is 11.9. The van der Waals surface area contributed by atoms with Gasteiger partial charge in [-0.15, -0.1) is 10.2 Å². The van der Waals surface area contributed by atoms with Crippen LogP contribution in [0.15, 0.2) is 92.1 Å². The molecule has 0 radical (unpaired) electrons. The zero-order valence-electron chi connectivity index (χ0n) is 20.7. The molecule has 1 amide bonds. The van der Waals surface area contributed by atoms with Gasteiger partial charge in [-0.2, -0.15) is 18.6 Å². The van der Waals surface area contributed by atoms with Gasteiger partial charge in [0.1, 0.15) is 17.1 Å². The molecular weight excluding hydrogens is 508 g/mol. The molecule has 0 spiro atoms. The number of benzene rings is 4. The van der Waals surface area contributed by atoms with Gasteiger partial charge < -0.3 is 15.8 Å². The van der Waals surface area contributed by atoms with Crippen LogP contribution in [0.5, 0.6) is 5.75 Å². The van der Waals surface area contributed by atoms with E-state index >= 15 is 0 Å². The summed E-state index contributed by atoms with van der Waals surface area (Å²) in [6.45, 7) is 3.24. The highest BCUT2D eigenvalue weighted by Crippen LogP contribution is 2.40. The lowest BCUT2D eigenvalue weighted by Crippen LogP contribution is -2.05. The fraction of sp³-hybridized carbons (Fsp3) is 0.115. The zero-order chi connectivity index (χ0) is 27.4. The summed E-state index contributed by atoms with van der Waals surface area (Å²) < 4.78 is 37.5. The van der Waals surface area contributed by atoms with Gasteiger partial charge in [0.25, 0.3) is 10.1 Å². The number of ether oxygens (including phenoxy) is 1. The van der Waals surface area contributed by atoms with Gasteiger partial charge in [0, 0.05) is 18.7 Å². The molecule has 0 fully saturated rings. The highest BCUT2D eigenvalue weighted by molar-refractivity contribution is 7.85. The van der Waals surface area contributed by atoms with Crippen LogP contribution >= 0.6 is 0 Å². The fourth-order valence-corrected chi connectivity index (χ4v) is 4.13. The standard InChI is InChI=1S/C26H24N6O5S/c1-15-10-19(27)6-9-22(15)30-32-25-13-23(28-16(2)33)24(14-26(25)37-3)31-29-20-7-4-18-12-21(38(34,35)36)8-5-17(18)11-20/h4-14H,27H2,1-3H3,(H,28,33)(H,34,35,36)/b31-29+,32-30+. The van der Waals surface area contributed by atoms with E-state index in [0.717, 1.165) is 5.56 Å². The van der Waals surface area contributed by atoms with Gasteiger partial charge in [-0.3, -0.25) is 9.35 Å². The molecule has 12 heteroatoms. The van der Waals surface area contributed by atoms with Crippen molar-refractivity contribution in [2.75, 3.05) is 18.2 Å². The lowest BCUT2D eigenvalue weighted by molar-refractivity contribution is -0.114. The lowest BCUT2D eigenvalue weighted by Gasteiger charge is -2.10. The first-order chi connectivity index (χ1) is 18.0. The van der Waals surface area contributed by atoms with Crippen molar-refractivity contribution in [3.05, 3.63) is 72.3 Å². The molecule has 194 valence electrons. The average Bonchev–Trinajstić information content (AvgIpc) is 2.86. The molecule has 0 aliphatic heterocycles. The molecule has 4 rings (SSSR count). The Labute approximate surface area is 218 Å². The van der Waals surface area contributed by atoms with Crippen molar-refractivity contribution >= 4 is 60.9 Å². The number of aryl methyl sites for hydroxylation is 1. The number of methoxy groups -OCH3 is 1. The van der Waals surface area contributed by atoms with Crippen molar-refractivity contribution < 1.29 is 22.5 Å². The van der Waals surface area contributed by atoms with E-state index in [1.807, 2.05) is 6.92 Å². The third-order valence-electron chi connectivity index (χ3n) is 5.46. The van der Waals surface area contributed by atoms with Gasteiger partial charge in [0.2, 0.25) is 5.91 Å². The molecule has 0 saturated heterocycles. The number of nitrogen functional groups attached to an aromatic ring is 1. The number of amides is 1. The fourth-order valence-electron chi connectivity index (χ4n) is 3.62. The van der Waals surface area contributed by atoms with E-state index in [1.54, 1.807) is 54.6 Å². The lowest BCUT2D eigenvalue weighted by atomic mass is 10.1. The van der Waals surface area contributed by atoms with E-state index in [0.29, 0.717) is 50.6 Å². The van der Waals surface area contributed by atoms with Gasteiger partial charge in [0.05, 0.1) is 29.1 Å². The van der Waals surface area contributed by atoms with Crippen LogP contribution in [0.25, 0.3) is 10.8 Å². The zero-order valence-corrected chi connectivity index (χ0v) is 21.5. The number of carbonyl (C=O) groups is 1. The predicted molar refractivity (Wildman–Crippen MR) is 145 cm³/mol. The number of fused-ring (bicyclic) bond motifs is 1. The van der Waals surface area contributed by atoms with E-state index in [-0.39, 0.29) is 10.8 Å². The van der Waals surface area contributed by atoms with E-state index in [4.69, 9.17) is 10.5 Å². The SMILES string of the molecule is COc1cc(/N=N/c2ccc3cc(S(=O)(=O)O)ccc3c2)c(NC(C)=O)cc1/N=N/c1ccc(N)cc1C. The Hall–Kier alpha value is -4.68. The smallest absolute Gasteiger partial charge is 0.294 e. The van der Waals surface area contributed by atoms with E-state index in [2.05, 4.69) is 25.8 Å². The summed E-state index contributed by atoms with van der Waals surface area (Å²) in [6.07, 6.45) is 0. The molecule has 38 heavy (non-hydrogen) atoms. The Bertz CT molecular complexity index is 1720. The van der Waals surface area contributed by atoms with Gasteiger partial charge in [-0.25, -0.2) is 0 Å². The van der Waals surface area contributed by atoms with Gasteiger partial charge in [-0.1, -0.05) is 12.1 Å². The monoisotopic (exact) mass is 532 g/mol. The minimum absolute atomic E-state index is 0.199. The second-order valence-corrected chi connectivity index (χ2v) is 9.76. The Morgan fingerprint density at radius 3 is 2.24 bits per heavy atom. The molecule has 0 aliphatic carbocycles. The maximum absolute atomic E-state index is 11.9. The number of nitrogens with zero attached hydrogens (tertiary/aromatic N) is 4. The number of carbonyl (C=O) groups excluding carboxylic acids is 1. The summed E-state index contributed by atoms with van der Waals surface area (Å²) in [5, 5.41) is 21.2. The summed E-state index contributed by atoms with van der Waals surface area (Å²) in [5.74, 6) is 0.0467. The maximum Gasteiger partial charge on any atom is 0.294 e. The number of hydrogen-bond acceptors (Lipinski definition) is 9. The van der Waals surface area contributed by atoms with Crippen LogP contribution in [-0.4, -0.2) is 26.0 Å².